The van der Waals surface area contributed by atoms with Crippen molar-refractivity contribution in [3.05, 3.63) is 87.2 Å². The van der Waals surface area contributed by atoms with Gasteiger partial charge in [0, 0.05) is 41.0 Å². The van der Waals surface area contributed by atoms with E-state index in [1.807, 2.05) is 41.8 Å². The zero-order chi connectivity index (χ0) is 23.6. The second-order valence-corrected chi connectivity index (χ2v) is 9.12. The Kier molecular flexibility index (Phi) is 6.12. The quantitative estimate of drug-likeness (QED) is 0.446. The van der Waals surface area contributed by atoms with E-state index in [9.17, 15) is 28.1 Å². The lowest BCUT2D eigenvalue weighted by Gasteiger charge is -2.10. The summed E-state index contributed by atoms with van der Waals surface area (Å²) in [5.41, 5.74) is 6.24. The molecule has 11 heteroatoms. The highest BCUT2D eigenvalue weighted by Crippen LogP contribution is 2.22. The third-order valence-electron chi connectivity index (χ3n) is 4.77. The van der Waals surface area contributed by atoms with E-state index in [2.05, 4.69) is 10.9 Å². The lowest BCUT2D eigenvalue weighted by Crippen LogP contribution is -2.41. The maximum Gasteiger partial charge on any atom is 0.271 e. The van der Waals surface area contributed by atoms with Crippen LogP contribution in [0, 0.1) is 24.0 Å². The van der Waals surface area contributed by atoms with Crippen molar-refractivity contribution in [3.63, 3.8) is 0 Å². The molecule has 2 amide bonds. The van der Waals surface area contributed by atoms with Gasteiger partial charge in [-0.3, -0.25) is 30.6 Å². The third kappa shape index (κ3) is 4.67. The van der Waals surface area contributed by atoms with E-state index in [0.717, 1.165) is 35.8 Å². The van der Waals surface area contributed by atoms with Crippen LogP contribution in [0.5, 0.6) is 0 Å². The SMILES string of the molecule is Cc1cc(C(=O)NNC(=O)c2cc([N+](=O)[O-])cc(S(C)(=O)=O)c2)c(C)n1-c1ccccc1. The molecule has 0 atom stereocenters. The largest absolute Gasteiger partial charge is 0.318 e. The molecular formula is C21H20N4O6S. The summed E-state index contributed by atoms with van der Waals surface area (Å²) >= 11 is 0. The fourth-order valence-corrected chi connectivity index (χ4v) is 3.93. The molecule has 0 unspecified atom stereocenters. The zero-order valence-corrected chi connectivity index (χ0v) is 18.3. The van der Waals surface area contributed by atoms with Crippen LogP contribution in [0.2, 0.25) is 0 Å². The van der Waals surface area contributed by atoms with Crippen LogP contribution in [0.3, 0.4) is 0 Å². The van der Waals surface area contributed by atoms with Gasteiger partial charge in [-0.05, 0) is 38.1 Å². The second-order valence-electron chi connectivity index (χ2n) is 7.11. The normalized spacial score (nSPS) is 11.1. The number of nitrogens with zero attached hydrogens (tertiary/aromatic N) is 2. The molecule has 2 aromatic carbocycles. The summed E-state index contributed by atoms with van der Waals surface area (Å²) in [6.45, 7) is 3.60. The number of nitrogens with one attached hydrogen (secondary N) is 2. The van der Waals surface area contributed by atoms with E-state index in [4.69, 9.17) is 0 Å². The second kappa shape index (κ2) is 8.63. The number of para-hydroxylation sites is 1. The number of rotatable bonds is 5. The highest BCUT2D eigenvalue weighted by atomic mass is 32.2. The maximum atomic E-state index is 12.7. The number of aromatic nitrogens is 1. The molecule has 0 bridgehead atoms. The van der Waals surface area contributed by atoms with Gasteiger partial charge in [-0.1, -0.05) is 18.2 Å². The summed E-state index contributed by atoms with van der Waals surface area (Å²) in [5.74, 6) is -1.49. The number of sulfone groups is 1. The van der Waals surface area contributed by atoms with Crippen molar-refractivity contribution < 1.29 is 22.9 Å². The minimum atomic E-state index is -3.80. The van der Waals surface area contributed by atoms with Crippen molar-refractivity contribution >= 4 is 27.3 Å². The van der Waals surface area contributed by atoms with Gasteiger partial charge in [0.25, 0.3) is 17.5 Å². The average molecular weight is 456 g/mol. The number of benzene rings is 2. The lowest BCUT2D eigenvalue weighted by atomic mass is 10.2. The molecule has 2 N–H and O–H groups in total. The average Bonchev–Trinajstić information content (AvgIpc) is 3.05. The molecule has 0 aliphatic heterocycles. The van der Waals surface area contributed by atoms with E-state index in [0.29, 0.717) is 11.3 Å². The molecule has 0 aliphatic rings. The Balaban J connectivity index is 1.82. The van der Waals surface area contributed by atoms with Gasteiger partial charge in [0.05, 0.1) is 15.4 Å². The molecule has 0 saturated heterocycles. The van der Waals surface area contributed by atoms with E-state index < -0.39 is 32.3 Å². The molecule has 10 nitrogen and oxygen atoms in total. The molecule has 0 spiro atoms. The number of amides is 2. The van der Waals surface area contributed by atoms with Crippen LogP contribution in [0.1, 0.15) is 32.1 Å². The van der Waals surface area contributed by atoms with Crippen LogP contribution in [0.25, 0.3) is 5.69 Å². The Morgan fingerprint density at radius 1 is 0.969 bits per heavy atom. The molecule has 166 valence electrons. The minimum absolute atomic E-state index is 0.283. The molecule has 0 radical (unpaired) electrons. The van der Waals surface area contributed by atoms with Crippen LogP contribution < -0.4 is 10.9 Å². The summed E-state index contributed by atoms with van der Waals surface area (Å²) < 4.78 is 25.5. The van der Waals surface area contributed by atoms with E-state index in [1.165, 1.54) is 0 Å². The van der Waals surface area contributed by atoms with Crippen LogP contribution >= 0.6 is 0 Å². The van der Waals surface area contributed by atoms with Gasteiger partial charge in [-0.25, -0.2) is 8.42 Å². The predicted molar refractivity (Wildman–Crippen MR) is 116 cm³/mol. The summed E-state index contributed by atoms with van der Waals surface area (Å²) in [5, 5.41) is 11.1. The number of aryl methyl sites for hydroxylation is 1. The van der Waals surface area contributed by atoms with Crippen molar-refractivity contribution in [3.8, 4) is 5.69 Å². The molecule has 0 aliphatic carbocycles. The fourth-order valence-electron chi connectivity index (χ4n) is 3.25. The Morgan fingerprint density at radius 3 is 2.19 bits per heavy atom. The molecule has 1 heterocycles. The number of hydrogen-bond donors (Lipinski definition) is 2. The van der Waals surface area contributed by atoms with Crippen molar-refractivity contribution in [1.82, 2.24) is 15.4 Å². The number of carbonyl (C=O) groups excluding carboxylic acids is 2. The first-order valence-electron chi connectivity index (χ1n) is 9.33. The summed E-state index contributed by atoms with van der Waals surface area (Å²) in [6.07, 6.45) is 0.873. The smallest absolute Gasteiger partial charge is 0.271 e. The molecule has 3 rings (SSSR count). The van der Waals surface area contributed by atoms with E-state index in [-0.39, 0.29) is 10.5 Å². The number of hydrazine groups is 1. The van der Waals surface area contributed by atoms with Gasteiger partial charge in [-0.2, -0.15) is 0 Å². The van der Waals surface area contributed by atoms with Crippen LogP contribution in [-0.4, -0.2) is 36.0 Å². The standard InChI is InChI=1S/C21H20N4O6S/c1-13-9-19(14(2)24(13)16-7-5-4-6-8-16)21(27)23-22-20(26)15-10-17(25(28)29)12-18(11-15)32(3,30)31/h4-12H,1-3H3,(H,22,26)(H,23,27). The lowest BCUT2D eigenvalue weighted by molar-refractivity contribution is -0.385. The van der Waals surface area contributed by atoms with Crippen LogP contribution in [0.4, 0.5) is 5.69 Å². The summed E-state index contributed by atoms with van der Waals surface area (Å²) in [4.78, 5) is 35.0. The van der Waals surface area contributed by atoms with Gasteiger partial charge in [0.15, 0.2) is 9.84 Å². The van der Waals surface area contributed by atoms with E-state index >= 15 is 0 Å². The maximum absolute atomic E-state index is 12.7. The Labute approximate surface area is 183 Å². The highest BCUT2D eigenvalue weighted by Gasteiger charge is 2.21. The van der Waals surface area contributed by atoms with Crippen LogP contribution in [0.15, 0.2) is 59.5 Å². The number of carbonyl (C=O) groups is 2. The van der Waals surface area contributed by atoms with Gasteiger partial charge in [-0.15, -0.1) is 0 Å². The molecule has 0 saturated carbocycles. The fraction of sp³-hybridized carbons (Fsp3) is 0.143. The first kappa shape index (κ1) is 22.7. The molecule has 3 aromatic rings. The minimum Gasteiger partial charge on any atom is -0.318 e. The first-order chi connectivity index (χ1) is 15.0. The van der Waals surface area contributed by atoms with Crippen molar-refractivity contribution in [1.29, 1.82) is 0 Å². The van der Waals surface area contributed by atoms with E-state index in [1.54, 1.807) is 13.0 Å². The number of hydrogen-bond acceptors (Lipinski definition) is 6. The third-order valence-corrected chi connectivity index (χ3v) is 5.86. The molecular weight excluding hydrogens is 436 g/mol. The topological polar surface area (TPSA) is 140 Å². The molecule has 32 heavy (non-hydrogen) atoms. The van der Waals surface area contributed by atoms with Gasteiger partial charge in [0.1, 0.15) is 0 Å². The molecule has 1 aromatic heterocycles. The first-order valence-corrected chi connectivity index (χ1v) is 11.2. The summed E-state index contributed by atoms with van der Waals surface area (Å²) in [6, 6.07) is 13.9. The Morgan fingerprint density at radius 2 is 1.59 bits per heavy atom. The Hall–Kier alpha value is -3.99. The monoisotopic (exact) mass is 456 g/mol. The van der Waals surface area contributed by atoms with Crippen molar-refractivity contribution in [2.75, 3.05) is 6.26 Å². The van der Waals surface area contributed by atoms with Gasteiger partial charge < -0.3 is 4.57 Å². The number of nitro groups is 1. The number of non-ortho nitro benzene ring substituents is 1. The summed E-state index contributed by atoms with van der Waals surface area (Å²) in [7, 11) is -3.80. The van der Waals surface area contributed by atoms with Gasteiger partial charge >= 0.3 is 0 Å². The number of nitro benzene ring substituents is 1. The highest BCUT2D eigenvalue weighted by molar-refractivity contribution is 7.90. The zero-order valence-electron chi connectivity index (χ0n) is 17.4. The van der Waals surface area contributed by atoms with Crippen LogP contribution in [-0.2, 0) is 9.84 Å². The predicted octanol–water partition coefficient (Wildman–Crippen LogP) is 2.48. The van der Waals surface area contributed by atoms with Gasteiger partial charge in [0.2, 0.25) is 0 Å². The Bertz CT molecular complexity index is 1330. The van der Waals surface area contributed by atoms with Crippen molar-refractivity contribution in [2.24, 2.45) is 0 Å². The molecule has 0 fully saturated rings. The van der Waals surface area contributed by atoms with Crippen molar-refractivity contribution in [2.45, 2.75) is 18.7 Å².